The summed E-state index contributed by atoms with van der Waals surface area (Å²) in [6.45, 7) is 9.49. The molecule has 12 rings (SSSR count). The van der Waals surface area contributed by atoms with Crippen LogP contribution in [-0.2, 0) is 10.8 Å². The minimum absolute atomic E-state index is 0.140. The first-order chi connectivity index (χ1) is 30.3. The second-order valence-corrected chi connectivity index (χ2v) is 22.0. The van der Waals surface area contributed by atoms with E-state index in [1.807, 2.05) is 0 Å². The van der Waals surface area contributed by atoms with Crippen LogP contribution in [0.1, 0.15) is 54.2 Å². The molecular formula is C60H47NSi. The minimum atomic E-state index is -2.77. The van der Waals surface area contributed by atoms with Crippen molar-refractivity contribution in [2.45, 2.75) is 38.5 Å². The van der Waals surface area contributed by atoms with Gasteiger partial charge in [0.1, 0.15) is 0 Å². The van der Waals surface area contributed by atoms with Crippen LogP contribution in [0.2, 0.25) is 0 Å². The fourth-order valence-electron chi connectivity index (χ4n) is 11.8. The smallest absolute Gasteiger partial charge is 0.180 e. The van der Waals surface area contributed by atoms with Crippen LogP contribution in [0.5, 0.6) is 0 Å². The summed E-state index contributed by atoms with van der Waals surface area (Å²) in [7, 11) is -2.77. The molecule has 9 aromatic rings. The second-order valence-electron chi connectivity index (χ2n) is 18.3. The molecule has 296 valence electrons. The summed E-state index contributed by atoms with van der Waals surface area (Å²) in [5.74, 6) is 0. The van der Waals surface area contributed by atoms with Crippen LogP contribution in [0.25, 0.3) is 33.4 Å². The highest BCUT2D eigenvalue weighted by molar-refractivity contribution is 7.22. The molecule has 0 saturated carbocycles. The number of aryl methyl sites for hydroxylation is 1. The monoisotopic (exact) mass is 809 g/mol. The van der Waals surface area contributed by atoms with E-state index in [0.717, 1.165) is 5.69 Å². The molecule has 1 nitrogen and oxygen atoms in total. The van der Waals surface area contributed by atoms with E-state index in [1.54, 1.807) is 0 Å². The molecule has 0 spiro atoms. The average molecular weight is 810 g/mol. The maximum atomic E-state index is 2.56. The first-order valence-electron chi connectivity index (χ1n) is 22.0. The van der Waals surface area contributed by atoms with Gasteiger partial charge in [-0.05, 0) is 138 Å². The number of anilines is 3. The molecule has 0 amide bonds. The molecule has 0 radical (unpaired) electrons. The highest BCUT2D eigenvalue weighted by Crippen LogP contribution is 2.55. The Bertz CT molecular complexity index is 3210. The standard InChI is InChI=1S/C60H47NSi/c1-40-35-44(37-46(36-40)62(45-21-9-6-10-22-45)57-29-17-13-25-51(57)52-26-14-18-30-58(52)62)61(42-31-33-49-47-23-11-15-27-53(47)59(2,3)55(49)38-42)43-32-34-50-48-24-12-16-28-54(48)60(4,56(50)39-43)41-19-7-5-8-20-41/h5-39H,1-4H3. The SMILES string of the molecule is Cc1cc(N(c2ccc3c(c2)C(C)(C)c2ccccc2-3)c2ccc3c(c2)C(C)(c2ccccc2)c2ccccc2-3)cc([Si]2(c3ccccc3)c3ccccc3-c3ccccc32)c1. The van der Waals surface area contributed by atoms with E-state index in [0.29, 0.717) is 0 Å². The topological polar surface area (TPSA) is 3.24 Å². The second kappa shape index (κ2) is 13.5. The summed E-state index contributed by atoms with van der Waals surface area (Å²) in [6.07, 6.45) is 0. The normalized spacial score (nSPS) is 16.7. The molecule has 0 N–H and O–H groups in total. The van der Waals surface area contributed by atoms with Gasteiger partial charge >= 0.3 is 0 Å². The predicted molar refractivity (Wildman–Crippen MR) is 263 cm³/mol. The van der Waals surface area contributed by atoms with Gasteiger partial charge < -0.3 is 4.90 Å². The first-order valence-corrected chi connectivity index (χ1v) is 24.0. The molecule has 0 saturated heterocycles. The van der Waals surface area contributed by atoms with Crippen molar-refractivity contribution in [1.82, 2.24) is 0 Å². The average Bonchev–Trinajstić information content (AvgIpc) is 3.86. The zero-order valence-electron chi connectivity index (χ0n) is 35.7. The molecule has 0 bridgehead atoms. The summed E-state index contributed by atoms with van der Waals surface area (Å²) < 4.78 is 0. The van der Waals surface area contributed by atoms with Crippen LogP contribution in [0, 0.1) is 6.92 Å². The Kier molecular flexibility index (Phi) is 8.02. The van der Waals surface area contributed by atoms with Gasteiger partial charge in [0.25, 0.3) is 0 Å². The lowest BCUT2D eigenvalue weighted by Crippen LogP contribution is -2.72. The largest absolute Gasteiger partial charge is 0.310 e. The predicted octanol–water partition coefficient (Wildman–Crippen LogP) is 12.5. The highest BCUT2D eigenvalue weighted by Gasteiger charge is 2.49. The number of hydrogen-bond acceptors (Lipinski definition) is 1. The lowest BCUT2D eigenvalue weighted by Gasteiger charge is -2.34. The molecule has 3 aliphatic rings. The maximum Gasteiger partial charge on any atom is 0.180 e. The summed E-state index contributed by atoms with van der Waals surface area (Å²) in [4.78, 5) is 2.56. The summed E-state index contributed by atoms with van der Waals surface area (Å²) in [6, 6.07) is 80.8. The summed E-state index contributed by atoms with van der Waals surface area (Å²) in [5, 5.41) is 5.73. The molecule has 1 heterocycles. The Morgan fingerprint density at radius 1 is 0.355 bits per heavy atom. The van der Waals surface area contributed by atoms with E-state index in [-0.39, 0.29) is 10.8 Å². The Balaban J connectivity index is 1.13. The zero-order chi connectivity index (χ0) is 41.8. The third-order valence-electron chi connectivity index (χ3n) is 14.6. The van der Waals surface area contributed by atoms with Gasteiger partial charge in [-0.1, -0.05) is 190 Å². The highest BCUT2D eigenvalue weighted by atomic mass is 28.3. The zero-order valence-corrected chi connectivity index (χ0v) is 36.7. The van der Waals surface area contributed by atoms with E-state index in [1.165, 1.54) is 98.9 Å². The van der Waals surface area contributed by atoms with E-state index in [4.69, 9.17) is 0 Å². The van der Waals surface area contributed by atoms with Crippen molar-refractivity contribution in [2.24, 2.45) is 0 Å². The number of nitrogens with zero attached hydrogens (tertiary/aromatic N) is 1. The van der Waals surface area contributed by atoms with Gasteiger partial charge in [-0.15, -0.1) is 0 Å². The Labute approximate surface area is 366 Å². The van der Waals surface area contributed by atoms with Crippen molar-refractivity contribution in [3.8, 4) is 33.4 Å². The molecule has 1 aliphatic heterocycles. The third-order valence-corrected chi connectivity index (χ3v) is 19.5. The van der Waals surface area contributed by atoms with Crippen molar-refractivity contribution in [1.29, 1.82) is 0 Å². The van der Waals surface area contributed by atoms with Gasteiger partial charge in [0, 0.05) is 27.9 Å². The van der Waals surface area contributed by atoms with Gasteiger partial charge in [-0.25, -0.2) is 0 Å². The van der Waals surface area contributed by atoms with E-state index in [9.17, 15) is 0 Å². The van der Waals surface area contributed by atoms with Crippen LogP contribution < -0.4 is 25.6 Å². The van der Waals surface area contributed by atoms with Crippen molar-refractivity contribution >= 4 is 45.9 Å². The summed E-state index contributed by atoms with van der Waals surface area (Å²) >= 11 is 0. The molecule has 2 aliphatic carbocycles. The maximum absolute atomic E-state index is 2.77. The Hall–Kier alpha value is -7.00. The lowest BCUT2D eigenvalue weighted by molar-refractivity contribution is 0.660. The van der Waals surface area contributed by atoms with Crippen LogP contribution in [0.15, 0.2) is 212 Å². The van der Waals surface area contributed by atoms with Gasteiger partial charge in [-0.2, -0.15) is 0 Å². The number of rotatable bonds is 6. The van der Waals surface area contributed by atoms with Crippen molar-refractivity contribution in [3.63, 3.8) is 0 Å². The molecule has 9 aromatic carbocycles. The fourth-order valence-corrected chi connectivity index (χ4v) is 17.1. The minimum Gasteiger partial charge on any atom is -0.310 e. The molecule has 0 aromatic heterocycles. The van der Waals surface area contributed by atoms with Crippen molar-refractivity contribution in [3.05, 3.63) is 246 Å². The fraction of sp³-hybridized carbons (Fsp3) is 0.100. The van der Waals surface area contributed by atoms with E-state index < -0.39 is 8.07 Å². The molecule has 0 fully saturated rings. The molecular weight excluding hydrogens is 763 g/mol. The van der Waals surface area contributed by atoms with Crippen LogP contribution in [0.4, 0.5) is 17.1 Å². The van der Waals surface area contributed by atoms with Crippen LogP contribution >= 0.6 is 0 Å². The Morgan fingerprint density at radius 2 is 0.839 bits per heavy atom. The number of fused-ring (bicyclic) bond motifs is 9. The van der Waals surface area contributed by atoms with E-state index >= 15 is 0 Å². The van der Waals surface area contributed by atoms with Gasteiger partial charge in [-0.3, -0.25) is 0 Å². The lowest BCUT2D eigenvalue weighted by atomic mass is 9.74. The molecule has 2 heteroatoms. The van der Waals surface area contributed by atoms with Crippen LogP contribution in [-0.4, -0.2) is 8.07 Å². The van der Waals surface area contributed by atoms with Gasteiger partial charge in [0.05, 0.1) is 0 Å². The molecule has 62 heavy (non-hydrogen) atoms. The quantitative estimate of drug-likeness (QED) is 0.151. The number of benzene rings is 9. The Morgan fingerprint density at radius 3 is 1.48 bits per heavy atom. The van der Waals surface area contributed by atoms with Gasteiger partial charge in [0.15, 0.2) is 8.07 Å². The molecule has 1 unspecified atom stereocenters. The van der Waals surface area contributed by atoms with Crippen LogP contribution in [0.3, 0.4) is 0 Å². The summed E-state index contributed by atoms with van der Waals surface area (Å²) in [5.41, 5.74) is 19.1. The van der Waals surface area contributed by atoms with Gasteiger partial charge in [0.2, 0.25) is 0 Å². The van der Waals surface area contributed by atoms with Crippen molar-refractivity contribution in [2.75, 3.05) is 4.90 Å². The molecule has 1 atom stereocenters. The third kappa shape index (κ3) is 5.02. The van der Waals surface area contributed by atoms with E-state index in [2.05, 4.69) is 245 Å². The van der Waals surface area contributed by atoms with Crippen molar-refractivity contribution < 1.29 is 0 Å². The number of hydrogen-bond donors (Lipinski definition) is 0. The first kappa shape index (κ1) is 36.8.